The second kappa shape index (κ2) is 15.7. The third-order valence-electron chi connectivity index (χ3n) is 7.16. The number of nitrogens with one attached hydrogen (secondary N) is 3. The van der Waals surface area contributed by atoms with E-state index in [0.29, 0.717) is 11.3 Å². The number of carbonyl (C=O) groups excluding carboxylic acids is 3. The highest BCUT2D eigenvalue weighted by Gasteiger charge is 2.34. The second-order valence-electron chi connectivity index (χ2n) is 10.5. The molecule has 4 aromatic rings. The number of ether oxygens (including phenoxy) is 1. The first-order chi connectivity index (χ1) is 21.7. The molecule has 3 amide bonds. The van der Waals surface area contributed by atoms with E-state index >= 15 is 0 Å². The van der Waals surface area contributed by atoms with Gasteiger partial charge in [0.2, 0.25) is 11.8 Å². The maximum atomic E-state index is 14.0. The van der Waals surface area contributed by atoms with E-state index < -0.39 is 42.0 Å². The van der Waals surface area contributed by atoms with Gasteiger partial charge >= 0.3 is 12.1 Å². The number of benzene rings is 3. The highest BCUT2D eigenvalue weighted by molar-refractivity contribution is 5.93. The molecule has 1 aromatic heterocycles. The van der Waals surface area contributed by atoms with Gasteiger partial charge in [0.15, 0.2) is 0 Å². The van der Waals surface area contributed by atoms with Gasteiger partial charge in [0.1, 0.15) is 30.5 Å². The van der Waals surface area contributed by atoms with Crippen molar-refractivity contribution in [2.75, 3.05) is 7.05 Å². The predicted octanol–water partition coefficient (Wildman–Crippen LogP) is 2.83. The number of hydrogen-bond donors (Lipinski definition) is 5. The van der Waals surface area contributed by atoms with Crippen LogP contribution in [0.4, 0.5) is 4.79 Å². The van der Waals surface area contributed by atoms with Crippen LogP contribution in [0.3, 0.4) is 0 Å². The number of aliphatic carboxylic acids is 1. The number of carbonyl (C=O) groups is 4. The van der Waals surface area contributed by atoms with Gasteiger partial charge < -0.3 is 35.5 Å². The molecule has 3 atom stereocenters. The Morgan fingerprint density at radius 1 is 0.822 bits per heavy atom. The van der Waals surface area contributed by atoms with Crippen LogP contribution in [-0.2, 0) is 45.0 Å². The molecule has 0 saturated heterocycles. The Balaban J connectivity index is 1.54. The highest BCUT2D eigenvalue weighted by atomic mass is 16.5. The first kappa shape index (κ1) is 32.3. The summed E-state index contributed by atoms with van der Waals surface area (Å²) in [6.45, 7) is -0.00979. The van der Waals surface area contributed by atoms with E-state index in [0.717, 1.165) is 11.1 Å². The molecule has 12 nitrogen and oxygen atoms in total. The maximum Gasteiger partial charge on any atom is 0.408 e. The third kappa shape index (κ3) is 9.68. The van der Waals surface area contributed by atoms with Crippen molar-refractivity contribution in [1.29, 1.82) is 0 Å². The Kier molecular flexibility index (Phi) is 11.3. The van der Waals surface area contributed by atoms with Gasteiger partial charge in [-0.25, -0.2) is 14.6 Å². The number of aromatic nitrogens is 2. The van der Waals surface area contributed by atoms with Gasteiger partial charge in [-0.05, 0) is 28.8 Å². The number of aromatic hydroxyl groups is 1. The predicted molar refractivity (Wildman–Crippen MR) is 164 cm³/mol. The van der Waals surface area contributed by atoms with Crippen molar-refractivity contribution in [2.24, 2.45) is 0 Å². The maximum absolute atomic E-state index is 14.0. The number of carboxylic acids is 1. The van der Waals surface area contributed by atoms with Crippen LogP contribution in [0.15, 0.2) is 97.5 Å². The molecule has 0 unspecified atom stereocenters. The van der Waals surface area contributed by atoms with Crippen molar-refractivity contribution >= 4 is 23.9 Å². The first-order valence-electron chi connectivity index (χ1n) is 14.3. The lowest BCUT2D eigenvalue weighted by molar-refractivity contribution is -0.144. The Hall–Kier alpha value is -5.65. The summed E-state index contributed by atoms with van der Waals surface area (Å²) in [6.07, 6.45) is 2.20. The molecule has 0 radical (unpaired) electrons. The Morgan fingerprint density at radius 2 is 1.44 bits per heavy atom. The summed E-state index contributed by atoms with van der Waals surface area (Å²) < 4.78 is 5.35. The van der Waals surface area contributed by atoms with E-state index in [1.165, 1.54) is 36.6 Å². The molecule has 3 aromatic carbocycles. The van der Waals surface area contributed by atoms with Crippen LogP contribution in [0.2, 0.25) is 0 Å². The molecule has 234 valence electrons. The number of amides is 3. The van der Waals surface area contributed by atoms with Crippen molar-refractivity contribution in [3.8, 4) is 5.75 Å². The number of H-pyrrole nitrogens is 1. The SMILES string of the molecule is CN(C(=O)[C@@H](Cc1cnc[nH]1)NC(=O)OCc1ccccc1)[C@@H](Cc1ccccc1)C(=O)N[C@@H](Cc1ccc(O)cc1)C(=O)O. The molecule has 0 spiro atoms. The van der Waals surface area contributed by atoms with Gasteiger partial charge in [-0.15, -0.1) is 0 Å². The zero-order valence-corrected chi connectivity index (χ0v) is 24.6. The summed E-state index contributed by atoms with van der Waals surface area (Å²) in [4.78, 5) is 60.8. The Morgan fingerprint density at radius 3 is 2.04 bits per heavy atom. The van der Waals surface area contributed by atoms with Crippen molar-refractivity contribution in [1.82, 2.24) is 25.5 Å². The van der Waals surface area contributed by atoms with Gasteiger partial charge in [-0.2, -0.15) is 0 Å². The lowest BCUT2D eigenvalue weighted by atomic mass is 10.0. The zero-order valence-electron chi connectivity index (χ0n) is 24.6. The molecule has 1 heterocycles. The minimum absolute atomic E-state index is 0.00979. The van der Waals surface area contributed by atoms with E-state index in [1.54, 1.807) is 48.5 Å². The average molecular weight is 614 g/mol. The monoisotopic (exact) mass is 613 g/mol. The van der Waals surface area contributed by atoms with Gasteiger partial charge in [0.25, 0.3) is 0 Å². The number of phenols is 1. The van der Waals surface area contributed by atoms with Crippen LogP contribution in [0.1, 0.15) is 22.4 Å². The molecule has 0 aliphatic carbocycles. The Bertz CT molecular complexity index is 1550. The summed E-state index contributed by atoms with van der Waals surface area (Å²) >= 11 is 0. The molecular weight excluding hydrogens is 578 g/mol. The van der Waals surface area contributed by atoms with Crippen molar-refractivity contribution in [2.45, 2.75) is 44.0 Å². The largest absolute Gasteiger partial charge is 0.508 e. The Labute approximate surface area is 260 Å². The van der Waals surface area contributed by atoms with Crippen LogP contribution in [0.5, 0.6) is 5.75 Å². The molecule has 45 heavy (non-hydrogen) atoms. The van der Waals surface area contributed by atoms with Crippen molar-refractivity contribution in [3.63, 3.8) is 0 Å². The van der Waals surface area contributed by atoms with E-state index in [9.17, 15) is 29.4 Å². The highest BCUT2D eigenvalue weighted by Crippen LogP contribution is 2.15. The molecule has 0 aliphatic rings. The quantitative estimate of drug-likeness (QED) is 0.144. The lowest BCUT2D eigenvalue weighted by Gasteiger charge is -2.31. The van der Waals surface area contributed by atoms with Gasteiger partial charge in [-0.1, -0.05) is 72.8 Å². The summed E-state index contributed by atoms with van der Waals surface area (Å²) in [7, 11) is 1.43. The lowest BCUT2D eigenvalue weighted by Crippen LogP contribution is -2.57. The molecule has 0 bridgehead atoms. The van der Waals surface area contributed by atoms with E-state index in [2.05, 4.69) is 20.6 Å². The standard InChI is InChI=1S/C33H35N5O7/c1-38(31(41)27(18-25-19-34-21-35-25)37-33(44)45-20-24-10-6-3-7-11-24)29(17-22-8-4-2-5-9-22)30(40)36-28(32(42)43)16-23-12-14-26(39)15-13-23/h2-15,19,21,27-29,39H,16-18,20H2,1H3,(H,34,35)(H,36,40)(H,37,44)(H,42,43)/t27-,28+,29+/m1/s1. The fourth-order valence-corrected chi connectivity index (χ4v) is 4.70. The van der Waals surface area contributed by atoms with Crippen molar-refractivity contribution < 1.29 is 34.1 Å². The minimum Gasteiger partial charge on any atom is -0.508 e. The molecule has 12 heteroatoms. The van der Waals surface area contributed by atoms with Gasteiger partial charge in [-0.3, -0.25) is 9.59 Å². The fourth-order valence-electron chi connectivity index (χ4n) is 4.70. The molecule has 5 N–H and O–H groups in total. The first-order valence-corrected chi connectivity index (χ1v) is 14.3. The molecular formula is C33H35N5O7. The summed E-state index contributed by atoms with van der Waals surface area (Å²) in [5.41, 5.74) is 2.65. The van der Waals surface area contributed by atoms with E-state index in [1.807, 2.05) is 24.3 Å². The number of imidazole rings is 1. The fraction of sp³-hybridized carbons (Fsp3) is 0.242. The van der Waals surface area contributed by atoms with Gasteiger partial charge in [0.05, 0.1) is 6.33 Å². The van der Waals surface area contributed by atoms with Crippen LogP contribution in [-0.4, -0.2) is 74.1 Å². The average Bonchev–Trinajstić information content (AvgIpc) is 3.56. The number of phenolic OH excluding ortho intramolecular Hbond substituents is 1. The number of carboxylic acid groups (broad SMARTS) is 1. The number of aromatic amines is 1. The van der Waals surface area contributed by atoms with Crippen molar-refractivity contribution in [3.05, 3.63) is 120 Å². The second-order valence-corrected chi connectivity index (χ2v) is 10.5. The normalized spacial score (nSPS) is 12.7. The third-order valence-corrected chi connectivity index (χ3v) is 7.16. The number of rotatable bonds is 14. The summed E-state index contributed by atoms with van der Waals surface area (Å²) in [5, 5.41) is 24.7. The van der Waals surface area contributed by atoms with Gasteiger partial charge in [0, 0.05) is 38.2 Å². The molecule has 0 aliphatic heterocycles. The summed E-state index contributed by atoms with van der Waals surface area (Å²) in [6, 6.07) is 20.5. The topological polar surface area (TPSA) is 174 Å². The number of likely N-dealkylation sites (N-methyl/N-ethyl adjacent to an activating group) is 1. The minimum atomic E-state index is -1.31. The van der Waals surface area contributed by atoms with E-state index in [-0.39, 0.29) is 31.6 Å². The zero-order chi connectivity index (χ0) is 32.2. The van der Waals surface area contributed by atoms with Crippen LogP contribution >= 0.6 is 0 Å². The number of hydrogen-bond acceptors (Lipinski definition) is 7. The van der Waals surface area contributed by atoms with Crippen LogP contribution in [0.25, 0.3) is 0 Å². The van der Waals surface area contributed by atoms with Crippen LogP contribution < -0.4 is 10.6 Å². The number of alkyl carbamates (subject to hydrolysis) is 1. The summed E-state index contributed by atoms with van der Waals surface area (Å²) in [5.74, 6) is -2.51. The van der Waals surface area contributed by atoms with Crippen LogP contribution in [0, 0.1) is 0 Å². The smallest absolute Gasteiger partial charge is 0.408 e. The number of nitrogens with zero attached hydrogens (tertiary/aromatic N) is 2. The van der Waals surface area contributed by atoms with E-state index in [4.69, 9.17) is 4.74 Å². The molecule has 0 saturated carbocycles. The molecule has 0 fully saturated rings. The molecule has 4 rings (SSSR count).